The number of aromatic nitrogens is 2. The molecule has 0 fully saturated rings. The van der Waals surface area contributed by atoms with Crippen molar-refractivity contribution in [1.29, 1.82) is 0 Å². The molecular weight excluding hydrogens is 206 g/mol. The van der Waals surface area contributed by atoms with E-state index in [1.165, 1.54) is 11.5 Å². The average Bonchev–Trinajstić information content (AvgIpc) is 2.71. The number of rotatable bonds is 2. The van der Waals surface area contributed by atoms with Gasteiger partial charge in [0, 0.05) is 0 Å². The Kier molecular flexibility index (Phi) is 2.15. The van der Waals surface area contributed by atoms with Crippen LogP contribution < -0.4 is 10.5 Å². The van der Waals surface area contributed by atoms with Gasteiger partial charge in [-0.2, -0.15) is 9.36 Å². The molecular formula is C7H7N3OS2. The van der Waals surface area contributed by atoms with Crippen molar-refractivity contribution in [3.8, 4) is 15.6 Å². The molecule has 0 amide bonds. The molecule has 0 saturated carbocycles. The van der Waals surface area contributed by atoms with Crippen LogP contribution in [0, 0.1) is 0 Å². The Morgan fingerprint density at radius 1 is 1.54 bits per heavy atom. The second-order valence-corrected chi connectivity index (χ2v) is 3.94. The van der Waals surface area contributed by atoms with E-state index in [1.807, 2.05) is 11.4 Å². The molecule has 0 radical (unpaired) electrons. The van der Waals surface area contributed by atoms with Crippen molar-refractivity contribution in [3.05, 3.63) is 11.4 Å². The van der Waals surface area contributed by atoms with Gasteiger partial charge in [0.1, 0.15) is 10.6 Å². The zero-order chi connectivity index (χ0) is 9.26. The second kappa shape index (κ2) is 3.31. The van der Waals surface area contributed by atoms with Crippen LogP contribution >= 0.6 is 22.9 Å². The first-order valence-electron chi connectivity index (χ1n) is 3.52. The quantitative estimate of drug-likeness (QED) is 0.827. The van der Waals surface area contributed by atoms with E-state index >= 15 is 0 Å². The summed E-state index contributed by atoms with van der Waals surface area (Å²) in [7, 11) is 1.63. The van der Waals surface area contributed by atoms with Crippen molar-refractivity contribution >= 4 is 28.8 Å². The van der Waals surface area contributed by atoms with E-state index in [9.17, 15) is 0 Å². The first kappa shape index (κ1) is 8.46. The summed E-state index contributed by atoms with van der Waals surface area (Å²) in [6.45, 7) is 0. The molecule has 2 aromatic rings. The minimum atomic E-state index is 0.315. The van der Waals surface area contributed by atoms with Gasteiger partial charge in [0.15, 0.2) is 5.01 Å². The molecule has 0 aliphatic heterocycles. The third-order valence-corrected chi connectivity index (χ3v) is 3.26. The molecule has 0 aliphatic rings. The van der Waals surface area contributed by atoms with Gasteiger partial charge in [-0.1, -0.05) is 0 Å². The second-order valence-electron chi connectivity index (χ2n) is 2.28. The van der Waals surface area contributed by atoms with Crippen molar-refractivity contribution in [3.63, 3.8) is 0 Å². The highest BCUT2D eigenvalue weighted by atomic mass is 32.1. The van der Waals surface area contributed by atoms with E-state index in [-0.39, 0.29) is 0 Å². The fraction of sp³-hybridized carbons (Fsp3) is 0.143. The Balaban J connectivity index is 2.45. The summed E-state index contributed by atoms with van der Waals surface area (Å²) in [6, 6.07) is 1.90. The highest BCUT2D eigenvalue weighted by Crippen LogP contribution is 2.36. The lowest BCUT2D eigenvalue weighted by molar-refractivity contribution is 0.418. The maximum Gasteiger partial charge on any atom is 0.232 e. The third kappa shape index (κ3) is 1.50. The Hall–Kier alpha value is -1.14. The Morgan fingerprint density at radius 2 is 2.38 bits per heavy atom. The monoisotopic (exact) mass is 213 g/mol. The maximum atomic E-state index is 5.43. The molecule has 0 aromatic carbocycles. The van der Waals surface area contributed by atoms with Gasteiger partial charge in [-0.25, -0.2) is 0 Å². The van der Waals surface area contributed by atoms with Gasteiger partial charge >= 0.3 is 0 Å². The molecule has 2 rings (SSSR count). The normalized spacial score (nSPS) is 10.2. The van der Waals surface area contributed by atoms with Gasteiger partial charge in [0.2, 0.25) is 5.95 Å². The van der Waals surface area contributed by atoms with Gasteiger partial charge in [-0.15, -0.1) is 11.3 Å². The number of hydrogen-bond donors (Lipinski definition) is 1. The predicted molar refractivity (Wildman–Crippen MR) is 54.2 cm³/mol. The molecule has 0 bridgehead atoms. The summed E-state index contributed by atoms with van der Waals surface area (Å²) in [5.74, 6) is 1.14. The lowest BCUT2D eigenvalue weighted by atomic mass is 10.4. The topological polar surface area (TPSA) is 61.0 Å². The molecule has 2 heterocycles. The molecule has 4 nitrogen and oxygen atoms in total. The van der Waals surface area contributed by atoms with E-state index < -0.39 is 0 Å². The van der Waals surface area contributed by atoms with Crippen molar-refractivity contribution < 1.29 is 4.74 Å². The van der Waals surface area contributed by atoms with Crippen LogP contribution in [0.1, 0.15) is 0 Å². The summed E-state index contributed by atoms with van der Waals surface area (Å²) < 4.78 is 9.06. The van der Waals surface area contributed by atoms with Crippen LogP contribution in [0.2, 0.25) is 0 Å². The van der Waals surface area contributed by atoms with E-state index in [4.69, 9.17) is 10.5 Å². The van der Waals surface area contributed by atoms with Crippen LogP contribution in [0.4, 0.5) is 5.95 Å². The third-order valence-electron chi connectivity index (χ3n) is 1.48. The number of ether oxygens (including phenoxy) is 1. The Morgan fingerprint density at radius 3 is 3.00 bits per heavy atom. The first-order valence-corrected chi connectivity index (χ1v) is 5.17. The van der Waals surface area contributed by atoms with Crippen LogP contribution in [-0.4, -0.2) is 16.5 Å². The molecule has 2 N–H and O–H groups in total. The molecule has 6 heteroatoms. The average molecular weight is 213 g/mol. The lowest BCUT2D eigenvalue weighted by Gasteiger charge is -1.96. The highest BCUT2D eigenvalue weighted by molar-refractivity contribution is 7.18. The number of nitrogens with zero attached hydrogens (tertiary/aromatic N) is 2. The Labute approximate surface area is 83.2 Å². The van der Waals surface area contributed by atoms with E-state index in [0.29, 0.717) is 5.95 Å². The fourth-order valence-corrected chi connectivity index (χ4v) is 2.48. The number of nitrogens with two attached hydrogens (primary N) is 1. The highest BCUT2D eigenvalue weighted by Gasteiger charge is 2.11. The zero-order valence-electron chi connectivity index (χ0n) is 6.85. The molecule has 2 aromatic heterocycles. The van der Waals surface area contributed by atoms with Gasteiger partial charge in [0.05, 0.1) is 7.11 Å². The zero-order valence-corrected chi connectivity index (χ0v) is 8.48. The van der Waals surface area contributed by atoms with Crippen molar-refractivity contribution in [2.24, 2.45) is 0 Å². The fourth-order valence-electron chi connectivity index (χ4n) is 0.941. The van der Waals surface area contributed by atoms with Crippen LogP contribution in [0.3, 0.4) is 0 Å². The minimum absolute atomic E-state index is 0.315. The maximum absolute atomic E-state index is 5.43. The van der Waals surface area contributed by atoms with Gasteiger partial charge in [-0.3, -0.25) is 0 Å². The van der Waals surface area contributed by atoms with Crippen LogP contribution in [-0.2, 0) is 0 Å². The van der Waals surface area contributed by atoms with Gasteiger partial charge in [-0.05, 0) is 23.0 Å². The number of thiophene rings is 1. The van der Waals surface area contributed by atoms with Gasteiger partial charge < -0.3 is 10.5 Å². The number of anilines is 1. The van der Waals surface area contributed by atoms with Gasteiger partial charge in [0.25, 0.3) is 0 Å². The molecule has 0 saturated heterocycles. The minimum Gasteiger partial charge on any atom is -0.495 e. The summed E-state index contributed by atoms with van der Waals surface area (Å²) in [5.41, 5.74) is 5.43. The van der Waals surface area contributed by atoms with Crippen molar-refractivity contribution in [1.82, 2.24) is 9.36 Å². The van der Waals surface area contributed by atoms with Crippen molar-refractivity contribution in [2.75, 3.05) is 12.8 Å². The molecule has 0 spiro atoms. The van der Waals surface area contributed by atoms with Crippen LogP contribution in [0.15, 0.2) is 11.4 Å². The smallest absolute Gasteiger partial charge is 0.232 e. The summed E-state index contributed by atoms with van der Waals surface area (Å²) in [6.07, 6.45) is 0. The van der Waals surface area contributed by atoms with Crippen molar-refractivity contribution in [2.45, 2.75) is 0 Å². The molecule has 13 heavy (non-hydrogen) atoms. The largest absolute Gasteiger partial charge is 0.495 e. The molecule has 68 valence electrons. The van der Waals surface area contributed by atoms with Crippen LogP contribution in [0.25, 0.3) is 9.88 Å². The molecule has 0 aliphatic carbocycles. The van der Waals surface area contributed by atoms with Crippen LogP contribution in [0.5, 0.6) is 5.75 Å². The molecule has 0 unspecified atom stereocenters. The molecule has 0 atom stereocenters. The SMILES string of the molecule is COc1ccsc1-c1nc(N)ns1. The number of nitrogen functional groups attached to an aromatic ring is 1. The predicted octanol–water partition coefficient (Wildman–Crippen LogP) is 1.86. The summed E-state index contributed by atoms with van der Waals surface area (Å²) >= 11 is 2.85. The van der Waals surface area contributed by atoms with E-state index in [2.05, 4.69) is 9.36 Å². The number of hydrogen-bond acceptors (Lipinski definition) is 6. The summed E-state index contributed by atoms with van der Waals surface area (Å²) in [4.78, 5) is 5.06. The summed E-state index contributed by atoms with van der Waals surface area (Å²) in [5, 5.41) is 2.76. The number of methoxy groups -OCH3 is 1. The van der Waals surface area contributed by atoms with E-state index in [1.54, 1.807) is 18.4 Å². The lowest BCUT2D eigenvalue weighted by Crippen LogP contribution is -1.86. The first-order chi connectivity index (χ1) is 6.31. The standard InChI is InChI=1S/C7H7N3OS2/c1-11-4-2-3-12-5(4)6-9-7(8)10-13-6/h2-3H,1H3,(H2,8,10). The van der Waals surface area contributed by atoms with E-state index in [0.717, 1.165) is 15.6 Å². The Bertz CT molecular complexity index is 409.